The Bertz CT molecular complexity index is 1070. The molecular weight excluding hydrogens is 440 g/mol. The van der Waals surface area contributed by atoms with Crippen LogP contribution in [0, 0.1) is 6.92 Å². The van der Waals surface area contributed by atoms with Gasteiger partial charge in [0.15, 0.2) is 11.0 Å². The molecular formula is C20H24N4O3S3. The number of nitrogens with zero attached hydrogens (tertiary/aromatic N) is 3. The summed E-state index contributed by atoms with van der Waals surface area (Å²) in [5, 5.41) is 14.6. The SMILES string of the molecule is CCc1cc(-c2nnc(SCC(=O)Nc3sc(C)c(CC)c3C(=O)OC)n2C)cs1. The first-order valence-corrected chi connectivity index (χ1v) is 12.2. The molecule has 1 N–H and O–H groups in total. The molecule has 0 unspecified atom stereocenters. The number of hydrogen-bond donors (Lipinski definition) is 1. The van der Waals surface area contributed by atoms with E-state index in [-0.39, 0.29) is 11.7 Å². The first-order valence-electron chi connectivity index (χ1n) is 9.49. The third-order valence-corrected chi connectivity index (χ3v) is 7.80. The summed E-state index contributed by atoms with van der Waals surface area (Å²) in [5.41, 5.74) is 2.40. The summed E-state index contributed by atoms with van der Waals surface area (Å²) in [6.07, 6.45) is 1.68. The van der Waals surface area contributed by atoms with Gasteiger partial charge in [-0.2, -0.15) is 0 Å². The summed E-state index contributed by atoms with van der Waals surface area (Å²) in [6, 6.07) is 2.12. The van der Waals surface area contributed by atoms with Crippen LogP contribution in [-0.4, -0.2) is 39.5 Å². The highest BCUT2D eigenvalue weighted by Gasteiger charge is 2.23. The van der Waals surface area contributed by atoms with Crippen molar-refractivity contribution in [2.45, 2.75) is 38.8 Å². The van der Waals surface area contributed by atoms with Gasteiger partial charge >= 0.3 is 5.97 Å². The Kier molecular flexibility index (Phi) is 7.32. The highest BCUT2D eigenvalue weighted by atomic mass is 32.2. The summed E-state index contributed by atoms with van der Waals surface area (Å²) in [7, 11) is 3.24. The van der Waals surface area contributed by atoms with Crippen LogP contribution in [0.2, 0.25) is 0 Å². The van der Waals surface area contributed by atoms with Crippen molar-refractivity contribution >= 4 is 51.3 Å². The standard InChI is InChI=1S/C20H24N4O3S3/c1-6-13-8-12(9-28-13)17-22-23-20(24(17)4)29-10-15(25)21-18-16(19(26)27-5)14(7-2)11(3)30-18/h8-9H,6-7,10H2,1-5H3,(H,21,25). The number of methoxy groups -OCH3 is 1. The molecule has 0 fully saturated rings. The van der Waals surface area contributed by atoms with E-state index in [0.29, 0.717) is 22.1 Å². The maximum atomic E-state index is 12.6. The van der Waals surface area contributed by atoms with Crippen molar-refractivity contribution in [3.63, 3.8) is 0 Å². The second-order valence-electron chi connectivity index (χ2n) is 6.54. The molecule has 0 aliphatic rings. The van der Waals surface area contributed by atoms with E-state index in [2.05, 4.69) is 33.9 Å². The Hall–Kier alpha value is -2.17. The van der Waals surface area contributed by atoms with E-state index < -0.39 is 5.97 Å². The molecule has 0 atom stereocenters. The number of amides is 1. The largest absolute Gasteiger partial charge is 0.465 e. The number of thioether (sulfide) groups is 1. The minimum atomic E-state index is -0.431. The van der Waals surface area contributed by atoms with Crippen LogP contribution in [0.15, 0.2) is 16.6 Å². The highest BCUT2D eigenvalue weighted by Crippen LogP contribution is 2.34. The van der Waals surface area contributed by atoms with Gasteiger partial charge in [-0.15, -0.1) is 32.9 Å². The van der Waals surface area contributed by atoms with Crippen molar-refractivity contribution in [3.05, 3.63) is 32.3 Å². The van der Waals surface area contributed by atoms with Gasteiger partial charge in [0.05, 0.1) is 18.4 Å². The number of anilines is 1. The van der Waals surface area contributed by atoms with Gasteiger partial charge in [0.2, 0.25) is 5.91 Å². The third-order valence-electron chi connectivity index (χ3n) is 4.63. The van der Waals surface area contributed by atoms with E-state index in [1.54, 1.807) is 11.3 Å². The van der Waals surface area contributed by atoms with Gasteiger partial charge in [0, 0.05) is 27.7 Å². The summed E-state index contributed by atoms with van der Waals surface area (Å²) in [6.45, 7) is 6.04. The van der Waals surface area contributed by atoms with E-state index in [1.165, 1.54) is 35.1 Å². The Balaban J connectivity index is 1.69. The Morgan fingerprint density at radius 3 is 2.67 bits per heavy atom. The predicted molar refractivity (Wildman–Crippen MR) is 123 cm³/mol. The molecule has 10 heteroatoms. The maximum absolute atomic E-state index is 12.6. The van der Waals surface area contributed by atoms with Crippen LogP contribution >= 0.6 is 34.4 Å². The topological polar surface area (TPSA) is 86.1 Å². The van der Waals surface area contributed by atoms with Crippen molar-refractivity contribution < 1.29 is 14.3 Å². The fourth-order valence-electron chi connectivity index (χ4n) is 3.08. The lowest BCUT2D eigenvalue weighted by atomic mass is 10.1. The Morgan fingerprint density at radius 2 is 2.03 bits per heavy atom. The average Bonchev–Trinajstić information content (AvgIpc) is 3.42. The lowest BCUT2D eigenvalue weighted by Crippen LogP contribution is -2.16. The van der Waals surface area contributed by atoms with Gasteiger partial charge in [-0.1, -0.05) is 25.6 Å². The molecule has 0 saturated heterocycles. The molecule has 0 bridgehead atoms. The lowest BCUT2D eigenvalue weighted by Gasteiger charge is -2.07. The minimum absolute atomic E-state index is 0.162. The van der Waals surface area contributed by atoms with Crippen LogP contribution in [0.1, 0.15) is 39.5 Å². The summed E-state index contributed by atoms with van der Waals surface area (Å²) >= 11 is 4.41. The third kappa shape index (κ3) is 4.60. The first kappa shape index (κ1) is 22.5. The zero-order valence-electron chi connectivity index (χ0n) is 17.6. The number of esters is 1. The smallest absolute Gasteiger partial charge is 0.341 e. The van der Waals surface area contributed by atoms with Gasteiger partial charge < -0.3 is 14.6 Å². The van der Waals surface area contributed by atoms with Gasteiger partial charge in [0.1, 0.15) is 5.00 Å². The molecule has 3 rings (SSSR count). The van der Waals surface area contributed by atoms with Crippen LogP contribution < -0.4 is 5.32 Å². The van der Waals surface area contributed by atoms with E-state index in [9.17, 15) is 9.59 Å². The molecule has 160 valence electrons. The van der Waals surface area contributed by atoms with Crippen LogP contribution in [0.25, 0.3) is 11.4 Å². The van der Waals surface area contributed by atoms with Crippen molar-refractivity contribution in [3.8, 4) is 11.4 Å². The normalized spacial score (nSPS) is 11.0. The highest BCUT2D eigenvalue weighted by molar-refractivity contribution is 7.99. The van der Waals surface area contributed by atoms with Gasteiger partial charge in [0.25, 0.3) is 0 Å². The van der Waals surface area contributed by atoms with Gasteiger partial charge in [-0.05, 0) is 31.4 Å². The van der Waals surface area contributed by atoms with E-state index in [1.807, 2.05) is 25.5 Å². The molecule has 1 amide bonds. The molecule has 3 aromatic rings. The second-order valence-corrected chi connectivity index (χ2v) is 9.71. The number of hydrogen-bond acceptors (Lipinski definition) is 8. The zero-order valence-corrected chi connectivity index (χ0v) is 20.0. The quantitative estimate of drug-likeness (QED) is 0.389. The van der Waals surface area contributed by atoms with Crippen LogP contribution in [-0.2, 0) is 29.4 Å². The number of rotatable bonds is 8. The molecule has 0 spiro atoms. The van der Waals surface area contributed by atoms with Crippen LogP contribution in [0.5, 0.6) is 0 Å². The van der Waals surface area contributed by atoms with Gasteiger partial charge in [-0.25, -0.2) is 4.79 Å². The van der Waals surface area contributed by atoms with Crippen molar-refractivity contribution in [1.82, 2.24) is 14.8 Å². The molecule has 0 aromatic carbocycles. The minimum Gasteiger partial charge on any atom is -0.465 e. The summed E-state index contributed by atoms with van der Waals surface area (Å²) < 4.78 is 6.80. The first-order chi connectivity index (χ1) is 14.4. The molecule has 3 aromatic heterocycles. The number of carbonyl (C=O) groups is 2. The van der Waals surface area contributed by atoms with Gasteiger partial charge in [-0.3, -0.25) is 4.79 Å². The number of aryl methyl sites for hydroxylation is 2. The fourth-order valence-corrected chi connectivity index (χ4v) is 5.75. The zero-order chi connectivity index (χ0) is 21.8. The molecule has 3 heterocycles. The monoisotopic (exact) mass is 464 g/mol. The number of thiophene rings is 2. The van der Waals surface area contributed by atoms with Crippen molar-refractivity contribution in [1.29, 1.82) is 0 Å². The second kappa shape index (κ2) is 9.76. The number of aromatic nitrogens is 3. The Morgan fingerprint density at radius 1 is 1.27 bits per heavy atom. The number of ether oxygens (including phenoxy) is 1. The van der Waals surface area contributed by atoms with E-state index >= 15 is 0 Å². The molecule has 0 radical (unpaired) electrons. The number of carbonyl (C=O) groups excluding carboxylic acids is 2. The predicted octanol–water partition coefficient (Wildman–Crippen LogP) is 4.56. The van der Waals surface area contributed by atoms with Crippen molar-refractivity contribution in [2.75, 3.05) is 18.2 Å². The number of nitrogens with one attached hydrogen (secondary N) is 1. The molecule has 7 nitrogen and oxygen atoms in total. The molecule has 0 aliphatic carbocycles. The summed E-state index contributed by atoms with van der Waals surface area (Å²) in [5.74, 6) is 0.305. The average molecular weight is 465 g/mol. The lowest BCUT2D eigenvalue weighted by molar-refractivity contribution is -0.113. The fraction of sp³-hybridized carbons (Fsp3) is 0.400. The van der Waals surface area contributed by atoms with Crippen molar-refractivity contribution in [2.24, 2.45) is 7.05 Å². The van der Waals surface area contributed by atoms with E-state index in [0.717, 1.165) is 28.2 Å². The molecule has 0 saturated carbocycles. The molecule has 0 aliphatic heterocycles. The maximum Gasteiger partial charge on any atom is 0.341 e. The van der Waals surface area contributed by atoms with E-state index in [4.69, 9.17) is 4.74 Å². The van der Waals surface area contributed by atoms with Crippen LogP contribution in [0.3, 0.4) is 0 Å². The van der Waals surface area contributed by atoms with Crippen LogP contribution in [0.4, 0.5) is 5.00 Å². The Labute approximate surface area is 187 Å². The summed E-state index contributed by atoms with van der Waals surface area (Å²) in [4.78, 5) is 27.0. The molecule has 30 heavy (non-hydrogen) atoms.